The third-order valence-corrected chi connectivity index (χ3v) is 7.21. The molecule has 2 aromatic carbocycles. The predicted molar refractivity (Wildman–Crippen MR) is 99.8 cm³/mol. The molecule has 0 bridgehead atoms. The van der Waals surface area contributed by atoms with Gasteiger partial charge in [0.15, 0.2) is 21.3 Å². The fraction of sp³-hybridized carbons (Fsp3) is 0.316. The minimum atomic E-state index is -3.55. The summed E-state index contributed by atoms with van der Waals surface area (Å²) in [7, 11) is -3.55. The van der Waals surface area contributed by atoms with Crippen molar-refractivity contribution < 1.29 is 27.1 Å². The van der Waals surface area contributed by atoms with Crippen molar-refractivity contribution in [1.82, 2.24) is 4.90 Å². The van der Waals surface area contributed by atoms with E-state index in [0.29, 0.717) is 43.1 Å². The van der Waals surface area contributed by atoms with Gasteiger partial charge in [-0.2, -0.15) is 0 Å². The Hall–Kier alpha value is -2.81. The van der Waals surface area contributed by atoms with Crippen molar-refractivity contribution in [2.45, 2.75) is 23.0 Å². The lowest BCUT2D eigenvalue weighted by atomic mass is 10.1. The summed E-state index contributed by atoms with van der Waals surface area (Å²) >= 11 is 0. The highest BCUT2D eigenvalue weighted by Crippen LogP contribution is 2.34. The van der Waals surface area contributed by atoms with Gasteiger partial charge in [-0.25, -0.2) is 17.6 Å². The molecule has 0 aliphatic carbocycles. The molecule has 0 spiro atoms. The Kier molecular flexibility index (Phi) is 4.84. The molecule has 0 unspecified atom stereocenters. The summed E-state index contributed by atoms with van der Waals surface area (Å²) in [5, 5.41) is 2.20. The number of amides is 2. The number of benzene rings is 2. The van der Waals surface area contributed by atoms with Crippen LogP contribution in [0.5, 0.6) is 11.5 Å². The molecule has 4 rings (SSSR count). The van der Waals surface area contributed by atoms with Crippen LogP contribution in [0.3, 0.4) is 0 Å². The van der Waals surface area contributed by atoms with Gasteiger partial charge in [0, 0.05) is 24.8 Å². The van der Waals surface area contributed by atoms with Crippen LogP contribution in [0.4, 0.5) is 14.9 Å². The number of nitrogens with one attached hydrogen (secondary N) is 1. The van der Waals surface area contributed by atoms with Gasteiger partial charge in [0.25, 0.3) is 0 Å². The highest BCUT2D eigenvalue weighted by Gasteiger charge is 2.32. The van der Waals surface area contributed by atoms with Crippen molar-refractivity contribution >= 4 is 21.6 Å². The Morgan fingerprint density at radius 1 is 1.04 bits per heavy atom. The number of ether oxygens (including phenoxy) is 2. The zero-order valence-corrected chi connectivity index (χ0v) is 15.7. The van der Waals surface area contributed by atoms with E-state index in [4.69, 9.17) is 9.47 Å². The van der Waals surface area contributed by atoms with Crippen LogP contribution in [0.25, 0.3) is 0 Å². The molecule has 7 nitrogen and oxygen atoms in total. The summed E-state index contributed by atoms with van der Waals surface area (Å²) in [6, 6.07) is 9.67. The molecule has 0 saturated carbocycles. The van der Waals surface area contributed by atoms with Gasteiger partial charge in [0.1, 0.15) is 5.82 Å². The number of urea groups is 1. The largest absolute Gasteiger partial charge is 0.454 e. The number of rotatable bonds is 3. The van der Waals surface area contributed by atoms with E-state index in [0.717, 1.165) is 12.1 Å². The molecular weight excluding hydrogens is 387 g/mol. The predicted octanol–water partition coefficient (Wildman–Crippen LogP) is 3.02. The van der Waals surface area contributed by atoms with E-state index in [1.165, 1.54) is 12.1 Å². The lowest BCUT2D eigenvalue weighted by molar-refractivity contribution is 0.174. The molecule has 2 aliphatic heterocycles. The maximum atomic E-state index is 13.0. The molecule has 2 heterocycles. The number of likely N-dealkylation sites (tertiary alicyclic amines) is 1. The topological polar surface area (TPSA) is 84.9 Å². The van der Waals surface area contributed by atoms with E-state index in [-0.39, 0.29) is 17.7 Å². The second-order valence-corrected chi connectivity index (χ2v) is 8.91. The number of hydrogen-bond donors (Lipinski definition) is 1. The Morgan fingerprint density at radius 3 is 2.43 bits per heavy atom. The number of anilines is 1. The van der Waals surface area contributed by atoms with Gasteiger partial charge in [-0.05, 0) is 49.2 Å². The minimum absolute atomic E-state index is 0.108. The normalized spacial score (nSPS) is 16.8. The fourth-order valence-corrected chi connectivity index (χ4v) is 5.09. The molecule has 2 amide bonds. The molecule has 2 aromatic rings. The quantitative estimate of drug-likeness (QED) is 0.792. The summed E-state index contributed by atoms with van der Waals surface area (Å²) in [5.41, 5.74) is 0.579. The van der Waals surface area contributed by atoms with Crippen molar-refractivity contribution in [2.24, 2.45) is 0 Å². The lowest BCUT2D eigenvalue weighted by Gasteiger charge is -2.31. The van der Waals surface area contributed by atoms with Crippen molar-refractivity contribution in [3.8, 4) is 11.5 Å². The Labute approximate surface area is 162 Å². The van der Waals surface area contributed by atoms with Gasteiger partial charge in [0.2, 0.25) is 6.79 Å². The van der Waals surface area contributed by atoms with E-state index >= 15 is 0 Å². The van der Waals surface area contributed by atoms with Gasteiger partial charge in [-0.3, -0.25) is 0 Å². The lowest BCUT2D eigenvalue weighted by Crippen LogP contribution is -2.44. The highest BCUT2D eigenvalue weighted by molar-refractivity contribution is 7.92. The smallest absolute Gasteiger partial charge is 0.321 e. The van der Waals surface area contributed by atoms with Gasteiger partial charge in [0.05, 0.1) is 10.1 Å². The second-order valence-electron chi connectivity index (χ2n) is 6.68. The van der Waals surface area contributed by atoms with E-state index in [2.05, 4.69) is 5.32 Å². The highest BCUT2D eigenvalue weighted by atomic mass is 32.2. The Balaban J connectivity index is 1.37. The summed E-state index contributed by atoms with van der Waals surface area (Å²) in [4.78, 5) is 14.2. The first-order valence-corrected chi connectivity index (χ1v) is 10.4. The molecule has 148 valence electrons. The van der Waals surface area contributed by atoms with E-state index < -0.39 is 20.9 Å². The molecule has 0 aromatic heterocycles. The van der Waals surface area contributed by atoms with Crippen molar-refractivity contribution in [3.63, 3.8) is 0 Å². The SMILES string of the molecule is O=C(Nc1ccc2c(c1)OCO2)N1CCC(S(=O)(=O)c2ccc(F)cc2)CC1. The molecule has 2 aliphatic rings. The van der Waals surface area contributed by atoms with Gasteiger partial charge in [-0.15, -0.1) is 0 Å². The fourth-order valence-electron chi connectivity index (χ4n) is 3.36. The second kappa shape index (κ2) is 7.31. The summed E-state index contributed by atoms with van der Waals surface area (Å²) in [6.07, 6.45) is 0.655. The summed E-state index contributed by atoms with van der Waals surface area (Å²) < 4.78 is 49.0. The van der Waals surface area contributed by atoms with Crippen LogP contribution in [0.1, 0.15) is 12.8 Å². The summed E-state index contributed by atoms with van der Waals surface area (Å²) in [5.74, 6) is 0.723. The number of hydrogen-bond acceptors (Lipinski definition) is 5. The van der Waals surface area contributed by atoms with Gasteiger partial charge in [-0.1, -0.05) is 0 Å². The van der Waals surface area contributed by atoms with Crippen molar-refractivity contribution in [1.29, 1.82) is 0 Å². The number of sulfone groups is 1. The molecule has 1 saturated heterocycles. The molecule has 9 heteroatoms. The zero-order valence-electron chi connectivity index (χ0n) is 14.9. The average molecular weight is 406 g/mol. The van der Waals surface area contributed by atoms with Crippen LogP contribution < -0.4 is 14.8 Å². The Bertz CT molecular complexity index is 986. The monoisotopic (exact) mass is 406 g/mol. The van der Waals surface area contributed by atoms with E-state index in [9.17, 15) is 17.6 Å². The number of carbonyl (C=O) groups excluding carboxylic acids is 1. The molecule has 1 N–H and O–H groups in total. The van der Waals surface area contributed by atoms with Gasteiger partial charge < -0.3 is 19.7 Å². The Morgan fingerprint density at radius 2 is 1.71 bits per heavy atom. The number of nitrogens with zero attached hydrogens (tertiary/aromatic N) is 1. The first kappa shape index (κ1) is 18.5. The van der Waals surface area contributed by atoms with Crippen LogP contribution in [-0.4, -0.2) is 44.5 Å². The van der Waals surface area contributed by atoms with Crippen LogP contribution >= 0.6 is 0 Å². The van der Waals surface area contributed by atoms with Crippen LogP contribution in [0, 0.1) is 5.82 Å². The molecule has 28 heavy (non-hydrogen) atoms. The average Bonchev–Trinajstić information content (AvgIpc) is 3.16. The maximum Gasteiger partial charge on any atom is 0.321 e. The van der Waals surface area contributed by atoms with E-state index in [1.54, 1.807) is 23.1 Å². The summed E-state index contributed by atoms with van der Waals surface area (Å²) in [6.45, 7) is 0.797. The van der Waals surface area contributed by atoms with Crippen LogP contribution in [0.2, 0.25) is 0 Å². The molecular formula is C19H19FN2O5S. The number of piperidine rings is 1. The van der Waals surface area contributed by atoms with E-state index in [1.807, 2.05) is 0 Å². The molecule has 0 atom stereocenters. The van der Waals surface area contributed by atoms with Crippen LogP contribution in [-0.2, 0) is 9.84 Å². The first-order valence-electron chi connectivity index (χ1n) is 8.88. The molecule has 0 radical (unpaired) electrons. The number of halogens is 1. The first-order chi connectivity index (χ1) is 13.4. The minimum Gasteiger partial charge on any atom is -0.454 e. The molecule has 1 fully saturated rings. The van der Waals surface area contributed by atoms with Crippen molar-refractivity contribution in [2.75, 3.05) is 25.2 Å². The third kappa shape index (κ3) is 3.62. The number of carbonyl (C=O) groups is 1. The van der Waals surface area contributed by atoms with Crippen LogP contribution in [0.15, 0.2) is 47.4 Å². The third-order valence-electron chi connectivity index (χ3n) is 4.93. The number of fused-ring (bicyclic) bond motifs is 1. The van der Waals surface area contributed by atoms with Gasteiger partial charge >= 0.3 is 6.03 Å². The zero-order chi connectivity index (χ0) is 19.7. The van der Waals surface area contributed by atoms with Crippen molar-refractivity contribution in [3.05, 3.63) is 48.3 Å². The standard InChI is InChI=1S/C19H19FN2O5S/c20-13-1-4-15(5-2-13)28(24,25)16-7-9-22(10-8-16)19(23)21-14-3-6-17-18(11-14)27-12-26-17/h1-6,11,16H,7-10,12H2,(H,21,23). The maximum absolute atomic E-state index is 13.0.